The Morgan fingerprint density at radius 1 is 1.38 bits per heavy atom. The van der Waals surface area contributed by atoms with Crippen LogP contribution in [0.25, 0.3) is 0 Å². The molecule has 16 heavy (non-hydrogen) atoms. The lowest BCUT2D eigenvalue weighted by Crippen LogP contribution is -2.08. The molecule has 0 aromatic carbocycles. The topological polar surface area (TPSA) is 60.2 Å². The van der Waals surface area contributed by atoms with Crippen LogP contribution in [-0.2, 0) is 4.74 Å². The van der Waals surface area contributed by atoms with E-state index in [4.69, 9.17) is 10.5 Å². The van der Waals surface area contributed by atoms with E-state index in [1.165, 1.54) is 0 Å². The van der Waals surface area contributed by atoms with Crippen LogP contribution in [-0.4, -0.2) is 24.2 Å². The number of nitrogens with two attached hydrogens (primary N) is 1. The summed E-state index contributed by atoms with van der Waals surface area (Å²) in [5.74, 6) is 1.39. The number of rotatable bonds is 7. The van der Waals surface area contributed by atoms with E-state index in [1.807, 2.05) is 12.1 Å². The Labute approximate surface area is 97.2 Å². The van der Waals surface area contributed by atoms with Gasteiger partial charge in [-0.15, -0.1) is 0 Å². The number of unbranched alkanes of at least 4 members (excludes halogenated alkanes) is 1. The number of aromatic nitrogens is 1. The number of hydrogen-bond acceptors (Lipinski definition) is 4. The maximum absolute atomic E-state index is 5.57. The molecular formula is C12H21N3O. The van der Waals surface area contributed by atoms with E-state index in [-0.39, 0.29) is 0 Å². The van der Waals surface area contributed by atoms with Gasteiger partial charge in [0.2, 0.25) is 0 Å². The minimum Gasteiger partial charge on any atom is -0.384 e. The number of nitrogen functional groups attached to an aromatic ring is 1. The van der Waals surface area contributed by atoms with Gasteiger partial charge in [0, 0.05) is 13.2 Å². The van der Waals surface area contributed by atoms with E-state index in [0.717, 1.165) is 31.8 Å². The highest BCUT2D eigenvalue weighted by atomic mass is 16.5. The second kappa shape index (κ2) is 7.06. The van der Waals surface area contributed by atoms with Gasteiger partial charge >= 0.3 is 0 Å². The van der Waals surface area contributed by atoms with Crippen molar-refractivity contribution in [2.45, 2.75) is 32.8 Å². The Bertz CT molecular complexity index is 302. The fraction of sp³-hybridized carbons (Fsp3) is 0.583. The van der Waals surface area contributed by atoms with Crippen molar-refractivity contribution in [3.63, 3.8) is 0 Å². The van der Waals surface area contributed by atoms with E-state index in [2.05, 4.69) is 24.1 Å². The zero-order valence-electron chi connectivity index (χ0n) is 10.1. The van der Waals surface area contributed by atoms with Gasteiger partial charge in [-0.2, -0.15) is 0 Å². The molecule has 4 heteroatoms. The maximum Gasteiger partial charge on any atom is 0.128 e. The molecule has 1 rings (SSSR count). The Balaban J connectivity index is 2.07. The normalized spacial score (nSPS) is 10.7. The summed E-state index contributed by atoms with van der Waals surface area (Å²) in [6, 6.07) is 5.59. The largest absolute Gasteiger partial charge is 0.384 e. The average Bonchev–Trinajstić information content (AvgIpc) is 2.23. The van der Waals surface area contributed by atoms with Gasteiger partial charge in [0.15, 0.2) is 0 Å². The summed E-state index contributed by atoms with van der Waals surface area (Å²) in [6.07, 6.45) is 2.46. The van der Waals surface area contributed by atoms with Crippen LogP contribution in [0.15, 0.2) is 18.2 Å². The zero-order valence-corrected chi connectivity index (χ0v) is 10.1. The predicted molar refractivity (Wildman–Crippen MR) is 67.5 cm³/mol. The molecule has 0 bridgehead atoms. The quantitative estimate of drug-likeness (QED) is 0.696. The summed E-state index contributed by atoms with van der Waals surface area (Å²) >= 11 is 0. The van der Waals surface area contributed by atoms with Crippen LogP contribution in [0.2, 0.25) is 0 Å². The van der Waals surface area contributed by atoms with Crippen molar-refractivity contribution in [3.8, 4) is 0 Å². The highest BCUT2D eigenvalue weighted by molar-refractivity contribution is 5.41. The van der Waals surface area contributed by atoms with Crippen molar-refractivity contribution < 1.29 is 4.74 Å². The van der Waals surface area contributed by atoms with Crippen molar-refractivity contribution in [1.82, 2.24) is 4.98 Å². The molecule has 0 spiro atoms. The van der Waals surface area contributed by atoms with Crippen molar-refractivity contribution in [2.24, 2.45) is 0 Å². The first-order valence-corrected chi connectivity index (χ1v) is 5.76. The smallest absolute Gasteiger partial charge is 0.128 e. The molecule has 90 valence electrons. The van der Waals surface area contributed by atoms with Crippen molar-refractivity contribution >= 4 is 11.6 Å². The standard InChI is InChI=1S/C12H21N3O/c1-10(2)16-9-4-3-8-14-12-7-5-6-11(13)15-12/h5-7,10H,3-4,8-9H2,1-2H3,(H3,13,14,15). The van der Waals surface area contributed by atoms with Crippen LogP contribution in [0, 0.1) is 0 Å². The second-order valence-electron chi connectivity index (χ2n) is 4.00. The Morgan fingerprint density at radius 2 is 2.19 bits per heavy atom. The first-order chi connectivity index (χ1) is 7.68. The fourth-order valence-electron chi connectivity index (χ4n) is 1.31. The molecule has 0 amide bonds. The van der Waals surface area contributed by atoms with E-state index in [9.17, 15) is 0 Å². The minimum atomic E-state index is 0.323. The average molecular weight is 223 g/mol. The molecule has 0 aliphatic carbocycles. The maximum atomic E-state index is 5.57. The summed E-state index contributed by atoms with van der Waals surface area (Å²) in [5.41, 5.74) is 5.57. The first-order valence-electron chi connectivity index (χ1n) is 5.76. The van der Waals surface area contributed by atoms with Gasteiger partial charge in [-0.05, 0) is 38.8 Å². The number of ether oxygens (including phenoxy) is 1. The summed E-state index contributed by atoms with van der Waals surface area (Å²) < 4.78 is 5.45. The lowest BCUT2D eigenvalue weighted by atomic mass is 10.3. The van der Waals surface area contributed by atoms with Crippen LogP contribution >= 0.6 is 0 Å². The van der Waals surface area contributed by atoms with E-state index < -0.39 is 0 Å². The monoisotopic (exact) mass is 223 g/mol. The number of anilines is 2. The summed E-state index contributed by atoms with van der Waals surface area (Å²) in [5, 5.41) is 3.23. The number of nitrogens with one attached hydrogen (secondary N) is 1. The molecule has 0 unspecified atom stereocenters. The predicted octanol–water partition coefficient (Wildman–Crippen LogP) is 2.28. The third-order valence-electron chi connectivity index (χ3n) is 2.10. The van der Waals surface area contributed by atoms with E-state index in [1.54, 1.807) is 6.07 Å². The third kappa shape index (κ3) is 5.56. The number of pyridine rings is 1. The molecule has 1 aromatic heterocycles. The molecule has 0 saturated heterocycles. The number of nitrogens with zero attached hydrogens (tertiary/aromatic N) is 1. The van der Waals surface area contributed by atoms with Gasteiger partial charge in [-0.3, -0.25) is 0 Å². The molecule has 0 aliphatic rings. The summed E-state index contributed by atoms with van der Waals surface area (Å²) in [4.78, 5) is 4.15. The SMILES string of the molecule is CC(C)OCCCCNc1cccc(N)n1. The molecule has 1 aromatic rings. The lowest BCUT2D eigenvalue weighted by molar-refractivity contribution is 0.0765. The Hall–Kier alpha value is -1.29. The van der Waals surface area contributed by atoms with Crippen LogP contribution < -0.4 is 11.1 Å². The molecule has 0 saturated carbocycles. The van der Waals surface area contributed by atoms with Gasteiger partial charge in [-0.25, -0.2) is 4.98 Å². The van der Waals surface area contributed by atoms with E-state index in [0.29, 0.717) is 11.9 Å². The molecule has 4 nitrogen and oxygen atoms in total. The van der Waals surface area contributed by atoms with Gasteiger partial charge in [0.1, 0.15) is 11.6 Å². The van der Waals surface area contributed by atoms with Crippen LogP contribution in [0.5, 0.6) is 0 Å². The molecule has 0 atom stereocenters. The zero-order chi connectivity index (χ0) is 11.8. The summed E-state index contributed by atoms with van der Waals surface area (Å²) in [6.45, 7) is 5.82. The second-order valence-corrected chi connectivity index (χ2v) is 4.00. The molecule has 3 N–H and O–H groups in total. The molecule has 0 aliphatic heterocycles. The Morgan fingerprint density at radius 3 is 2.88 bits per heavy atom. The lowest BCUT2D eigenvalue weighted by Gasteiger charge is -2.08. The van der Waals surface area contributed by atoms with Crippen LogP contribution in [0.4, 0.5) is 11.6 Å². The molecule has 0 radical (unpaired) electrons. The molecular weight excluding hydrogens is 202 g/mol. The van der Waals surface area contributed by atoms with E-state index >= 15 is 0 Å². The summed E-state index contributed by atoms with van der Waals surface area (Å²) in [7, 11) is 0. The van der Waals surface area contributed by atoms with Gasteiger partial charge < -0.3 is 15.8 Å². The fourth-order valence-corrected chi connectivity index (χ4v) is 1.31. The molecule has 1 heterocycles. The van der Waals surface area contributed by atoms with Gasteiger partial charge in [0.25, 0.3) is 0 Å². The number of hydrogen-bond donors (Lipinski definition) is 2. The van der Waals surface area contributed by atoms with Crippen molar-refractivity contribution in [3.05, 3.63) is 18.2 Å². The van der Waals surface area contributed by atoms with Crippen molar-refractivity contribution in [2.75, 3.05) is 24.2 Å². The Kier molecular flexibility index (Phi) is 5.64. The minimum absolute atomic E-state index is 0.323. The van der Waals surface area contributed by atoms with Gasteiger partial charge in [-0.1, -0.05) is 6.07 Å². The third-order valence-corrected chi connectivity index (χ3v) is 2.10. The van der Waals surface area contributed by atoms with Gasteiger partial charge in [0.05, 0.1) is 6.10 Å². The molecule has 0 fully saturated rings. The first kappa shape index (κ1) is 12.8. The van der Waals surface area contributed by atoms with Crippen molar-refractivity contribution in [1.29, 1.82) is 0 Å². The van der Waals surface area contributed by atoms with Crippen LogP contribution in [0.3, 0.4) is 0 Å². The van der Waals surface area contributed by atoms with Crippen LogP contribution in [0.1, 0.15) is 26.7 Å². The highest BCUT2D eigenvalue weighted by Gasteiger charge is 1.95. The highest BCUT2D eigenvalue weighted by Crippen LogP contribution is 2.05.